The van der Waals surface area contributed by atoms with E-state index in [1.165, 1.54) is 4.88 Å². The first-order chi connectivity index (χ1) is 9.65. The SMILES string of the molecule is CCc1ccc(CS(=O)c2nc3cc(N)ccc3o2)s1. The van der Waals surface area contributed by atoms with E-state index in [2.05, 4.69) is 18.0 Å². The Balaban J connectivity index is 1.84. The molecule has 0 saturated heterocycles. The molecule has 3 aromatic rings. The predicted molar refractivity (Wildman–Crippen MR) is 82.2 cm³/mol. The number of fused-ring (bicyclic) bond motifs is 1. The van der Waals surface area contributed by atoms with E-state index in [0.717, 1.165) is 11.3 Å². The van der Waals surface area contributed by atoms with E-state index in [0.29, 0.717) is 22.5 Å². The summed E-state index contributed by atoms with van der Waals surface area (Å²) in [5.74, 6) is 0.437. The van der Waals surface area contributed by atoms with E-state index in [1.54, 1.807) is 29.5 Å². The maximum atomic E-state index is 12.3. The molecule has 20 heavy (non-hydrogen) atoms. The Morgan fingerprint density at radius 3 is 2.85 bits per heavy atom. The van der Waals surface area contributed by atoms with E-state index >= 15 is 0 Å². The zero-order valence-electron chi connectivity index (χ0n) is 11.0. The second-order valence-corrected chi connectivity index (χ2v) is 7.00. The van der Waals surface area contributed by atoms with Crippen molar-refractivity contribution in [1.29, 1.82) is 0 Å². The number of rotatable bonds is 4. The smallest absolute Gasteiger partial charge is 0.288 e. The van der Waals surface area contributed by atoms with Crippen LogP contribution in [0.25, 0.3) is 11.1 Å². The Kier molecular flexibility index (Phi) is 3.58. The molecule has 0 amide bonds. The van der Waals surface area contributed by atoms with Crippen molar-refractivity contribution in [1.82, 2.24) is 4.98 Å². The third-order valence-corrected chi connectivity index (χ3v) is 5.48. The van der Waals surface area contributed by atoms with Crippen molar-refractivity contribution in [3.05, 3.63) is 40.1 Å². The van der Waals surface area contributed by atoms with Crippen LogP contribution in [0.2, 0.25) is 0 Å². The molecule has 0 aliphatic heterocycles. The molecule has 2 N–H and O–H groups in total. The Morgan fingerprint density at radius 1 is 1.30 bits per heavy atom. The van der Waals surface area contributed by atoms with E-state index in [4.69, 9.17) is 10.2 Å². The molecule has 2 heterocycles. The van der Waals surface area contributed by atoms with Gasteiger partial charge in [-0.15, -0.1) is 11.3 Å². The van der Waals surface area contributed by atoms with Gasteiger partial charge in [-0.1, -0.05) is 6.92 Å². The summed E-state index contributed by atoms with van der Waals surface area (Å²) in [5.41, 5.74) is 7.58. The van der Waals surface area contributed by atoms with Crippen LogP contribution in [0.3, 0.4) is 0 Å². The number of benzene rings is 1. The van der Waals surface area contributed by atoms with Crippen molar-refractivity contribution in [3.63, 3.8) is 0 Å². The van der Waals surface area contributed by atoms with Crippen LogP contribution >= 0.6 is 11.3 Å². The van der Waals surface area contributed by atoms with Crippen molar-refractivity contribution < 1.29 is 8.63 Å². The molecule has 0 aliphatic carbocycles. The third kappa shape index (κ3) is 2.62. The minimum Gasteiger partial charge on any atom is -0.430 e. The van der Waals surface area contributed by atoms with Crippen LogP contribution in [-0.2, 0) is 23.0 Å². The van der Waals surface area contributed by atoms with Crippen LogP contribution in [0.15, 0.2) is 40.0 Å². The zero-order valence-corrected chi connectivity index (χ0v) is 12.6. The molecule has 1 aromatic carbocycles. The number of hydrogen-bond acceptors (Lipinski definition) is 5. The monoisotopic (exact) mass is 306 g/mol. The van der Waals surface area contributed by atoms with Crippen LogP contribution in [0.5, 0.6) is 0 Å². The summed E-state index contributed by atoms with van der Waals surface area (Å²) < 4.78 is 17.8. The highest BCUT2D eigenvalue weighted by molar-refractivity contribution is 7.84. The van der Waals surface area contributed by atoms with Gasteiger partial charge in [0.15, 0.2) is 5.58 Å². The minimum absolute atomic E-state index is 0.261. The van der Waals surface area contributed by atoms with Gasteiger partial charge >= 0.3 is 0 Å². The van der Waals surface area contributed by atoms with E-state index in [9.17, 15) is 4.21 Å². The van der Waals surface area contributed by atoms with Gasteiger partial charge in [-0.2, -0.15) is 0 Å². The molecule has 4 nitrogen and oxygen atoms in total. The molecule has 1 atom stereocenters. The quantitative estimate of drug-likeness (QED) is 0.751. The highest BCUT2D eigenvalue weighted by Crippen LogP contribution is 2.24. The Hall–Kier alpha value is -1.66. The van der Waals surface area contributed by atoms with Crippen molar-refractivity contribution in [2.45, 2.75) is 24.3 Å². The second kappa shape index (κ2) is 5.38. The van der Waals surface area contributed by atoms with Gasteiger partial charge in [0.25, 0.3) is 5.22 Å². The topological polar surface area (TPSA) is 69.1 Å². The van der Waals surface area contributed by atoms with Crippen molar-refractivity contribution in [2.24, 2.45) is 0 Å². The number of nitrogens with two attached hydrogens (primary N) is 1. The average molecular weight is 306 g/mol. The Bertz CT molecular complexity index is 776. The summed E-state index contributed by atoms with van der Waals surface area (Å²) in [5, 5.41) is 0.261. The van der Waals surface area contributed by atoms with Gasteiger partial charge in [0, 0.05) is 15.4 Å². The van der Waals surface area contributed by atoms with Gasteiger partial charge in [-0.05, 0) is 36.8 Å². The van der Waals surface area contributed by atoms with E-state index in [1.807, 2.05) is 6.07 Å². The number of aryl methyl sites for hydroxylation is 1. The fourth-order valence-corrected chi connectivity index (χ4v) is 4.07. The number of thiophene rings is 1. The number of nitrogen functional groups attached to an aromatic ring is 1. The molecule has 0 bridgehead atoms. The second-order valence-electron chi connectivity index (χ2n) is 4.42. The highest BCUT2D eigenvalue weighted by atomic mass is 32.2. The minimum atomic E-state index is -1.27. The summed E-state index contributed by atoms with van der Waals surface area (Å²) in [6, 6.07) is 9.30. The fourth-order valence-electron chi connectivity index (χ4n) is 1.90. The van der Waals surface area contributed by atoms with Crippen LogP contribution in [0, 0.1) is 0 Å². The van der Waals surface area contributed by atoms with Gasteiger partial charge in [0.1, 0.15) is 16.3 Å². The average Bonchev–Trinajstić information content (AvgIpc) is 3.04. The van der Waals surface area contributed by atoms with Crippen LogP contribution < -0.4 is 5.73 Å². The molecular weight excluding hydrogens is 292 g/mol. The predicted octanol–water partition coefficient (Wildman–Crippen LogP) is 3.34. The summed E-state index contributed by atoms with van der Waals surface area (Å²) in [7, 11) is -1.27. The number of nitrogens with zero attached hydrogens (tertiary/aromatic N) is 1. The molecule has 1 unspecified atom stereocenters. The Labute approximate surface area is 123 Å². The first-order valence-electron chi connectivity index (χ1n) is 6.27. The molecule has 0 saturated carbocycles. The molecule has 0 aliphatic rings. The number of anilines is 1. The molecule has 6 heteroatoms. The molecule has 2 aromatic heterocycles. The molecule has 3 rings (SSSR count). The highest BCUT2D eigenvalue weighted by Gasteiger charge is 2.14. The summed E-state index contributed by atoms with van der Waals surface area (Å²) in [6.07, 6.45) is 0.999. The molecule has 104 valence electrons. The Morgan fingerprint density at radius 2 is 2.10 bits per heavy atom. The van der Waals surface area contributed by atoms with Crippen molar-refractivity contribution >= 4 is 38.9 Å². The lowest BCUT2D eigenvalue weighted by Gasteiger charge is -1.94. The van der Waals surface area contributed by atoms with Gasteiger partial charge in [-0.3, -0.25) is 0 Å². The third-order valence-electron chi connectivity index (χ3n) is 2.93. The van der Waals surface area contributed by atoms with E-state index < -0.39 is 10.8 Å². The van der Waals surface area contributed by atoms with Gasteiger partial charge in [0.2, 0.25) is 0 Å². The van der Waals surface area contributed by atoms with Crippen LogP contribution in [0.1, 0.15) is 16.7 Å². The summed E-state index contributed by atoms with van der Waals surface area (Å²) in [6.45, 7) is 2.11. The first kappa shape index (κ1) is 13.3. The normalized spacial score (nSPS) is 12.8. The standard InChI is InChI=1S/C14H14N2O2S2/c1-2-10-4-5-11(19-10)8-20(17)14-16-12-7-9(15)3-6-13(12)18-14/h3-7H,2,8,15H2,1H3. The number of oxazole rings is 1. The lowest BCUT2D eigenvalue weighted by molar-refractivity contribution is 0.477. The van der Waals surface area contributed by atoms with Gasteiger partial charge in [-0.25, -0.2) is 9.19 Å². The first-order valence-corrected chi connectivity index (χ1v) is 8.41. The van der Waals surface area contributed by atoms with Crippen LogP contribution in [-0.4, -0.2) is 9.19 Å². The zero-order chi connectivity index (χ0) is 14.1. The lowest BCUT2D eigenvalue weighted by Crippen LogP contribution is -1.94. The summed E-state index contributed by atoms with van der Waals surface area (Å²) >= 11 is 1.68. The molecule has 0 spiro atoms. The number of hydrogen-bond donors (Lipinski definition) is 1. The fraction of sp³-hybridized carbons (Fsp3) is 0.214. The number of aromatic nitrogens is 1. The largest absolute Gasteiger partial charge is 0.430 e. The molecule has 0 radical (unpaired) electrons. The van der Waals surface area contributed by atoms with Gasteiger partial charge < -0.3 is 10.2 Å². The maximum Gasteiger partial charge on any atom is 0.288 e. The summed E-state index contributed by atoms with van der Waals surface area (Å²) in [4.78, 5) is 6.63. The van der Waals surface area contributed by atoms with Crippen molar-refractivity contribution in [3.8, 4) is 0 Å². The van der Waals surface area contributed by atoms with Crippen LogP contribution in [0.4, 0.5) is 5.69 Å². The molecule has 0 fully saturated rings. The lowest BCUT2D eigenvalue weighted by atomic mass is 10.3. The van der Waals surface area contributed by atoms with E-state index in [-0.39, 0.29) is 5.22 Å². The van der Waals surface area contributed by atoms with Crippen molar-refractivity contribution in [2.75, 3.05) is 5.73 Å². The van der Waals surface area contributed by atoms with Gasteiger partial charge in [0.05, 0.1) is 5.75 Å². The maximum absolute atomic E-state index is 12.3. The molecular formula is C14H14N2O2S2.